The van der Waals surface area contributed by atoms with Gasteiger partial charge in [0.25, 0.3) is 0 Å². The molecule has 0 spiro atoms. The molecular formula is C20H24O2. The summed E-state index contributed by atoms with van der Waals surface area (Å²) in [6.07, 6.45) is 4.76. The van der Waals surface area contributed by atoms with E-state index in [9.17, 15) is 10.2 Å². The topological polar surface area (TPSA) is 40.5 Å². The van der Waals surface area contributed by atoms with E-state index in [1.807, 2.05) is 13.0 Å². The van der Waals surface area contributed by atoms with Crippen molar-refractivity contribution in [1.29, 1.82) is 0 Å². The highest BCUT2D eigenvalue weighted by Gasteiger charge is 2.25. The van der Waals surface area contributed by atoms with Crippen LogP contribution in [0.3, 0.4) is 0 Å². The van der Waals surface area contributed by atoms with Gasteiger partial charge in [-0.15, -0.1) is 0 Å². The van der Waals surface area contributed by atoms with E-state index in [0.717, 1.165) is 5.56 Å². The fourth-order valence-corrected chi connectivity index (χ4v) is 3.75. The molecule has 3 rings (SSSR count). The molecule has 2 nitrogen and oxygen atoms in total. The van der Waals surface area contributed by atoms with Gasteiger partial charge in [-0.2, -0.15) is 0 Å². The van der Waals surface area contributed by atoms with Gasteiger partial charge in [-0.1, -0.05) is 18.2 Å². The Morgan fingerprint density at radius 1 is 0.727 bits per heavy atom. The summed E-state index contributed by atoms with van der Waals surface area (Å²) in [6.45, 7) is 4.12. The number of hydrogen-bond donors (Lipinski definition) is 2. The SMILES string of the molecule is Cc1c(O)ccc(C2CCC(c3ccc(O)cc3)CC2)c1C. The summed E-state index contributed by atoms with van der Waals surface area (Å²) >= 11 is 0. The molecule has 0 atom stereocenters. The largest absolute Gasteiger partial charge is 0.508 e. The van der Waals surface area contributed by atoms with Gasteiger partial charge in [0, 0.05) is 0 Å². The molecule has 0 aromatic heterocycles. The first-order chi connectivity index (χ1) is 10.6. The molecule has 0 bridgehead atoms. The number of benzene rings is 2. The number of phenols is 2. The van der Waals surface area contributed by atoms with Crippen molar-refractivity contribution in [2.24, 2.45) is 0 Å². The monoisotopic (exact) mass is 296 g/mol. The van der Waals surface area contributed by atoms with Gasteiger partial charge < -0.3 is 10.2 Å². The van der Waals surface area contributed by atoms with Gasteiger partial charge >= 0.3 is 0 Å². The Labute approximate surface area is 132 Å². The molecular weight excluding hydrogens is 272 g/mol. The first kappa shape index (κ1) is 15.0. The van der Waals surface area contributed by atoms with Crippen LogP contribution in [0.15, 0.2) is 36.4 Å². The zero-order valence-corrected chi connectivity index (χ0v) is 13.3. The minimum atomic E-state index is 0.340. The second-order valence-corrected chi connectivity index (χ2v) is 6.56. The van der Waals surface area contributed by atoms with Gasteiger partial charge in [0.15, 0.2) is 0 Å². The van der Waals surface area contributed by atoms with Crippen LogP contribution in [0.5, 0.6) is 11.5 Å². The van der Waals surface area contributed by atoms with Crippen LogP contribution >= 0.6 is 0 Å². The van der Waals surface area contributed by atoms with Crippen molar-refractivity contribution in [3.63, 3.8) is 0 Å². The third kappa shape index (κ3) is 2.83. The first-order valence-corrected chi connectivity index (χ1v) is 8.14. The maximum absolute atomic E-state index is 9.82. The molecule has 1 fully saturated rings. The van der Waals surface area contributed by atoms with Crippen molar-refractivity contribution in [2.45, 2.75) is 51.4 Å². The van der Waals surface area contributed by atoms with E-state index in [1.165, 1.54) is 42.4 Å². The third-order valence-corrected chi connectivity index (χ3v) is 5.33. The molecule has 2 N–H and O–H groups in total. The molecule has 1 aliphatic carbocycles. The van der Waals surface area contributed by atoms with E-state index in [0.29, 0.717) is 23.3 Å². The second kappa shape index (κ2) is 6.04. The summed E-state index contributed by atoms with van der Waals surface area (Å²) in [4.78, 5) is 0. The van der Waals surface area contributed by atoms with Crippen LogP contribution < -0.4 is 0 Å². The first-order valence-electron chi connectivity index (χ1n) is 8.14. The van der Waals surface area contributed by atoms with Crippen molar-refractivity contribution >= 4 is 0 Å². The fourth-order valence-electron chi connectivity index (χ4n) is 3.75. The van der Waals surface area contributed by atoms with Crippen LogP contribution in [-0.2, 0) is 0 Å². The van der Waals surface area contributed by atoms with E-state index >= 15 is 0 Å². The van der Waals surface area contributed by atoms with Crippen LogP contribution in [0.1, 0.15) is 59.8 Å². The Balaban J connectivity index is 1.72. The Bertz CT molecular complexity index is 650. The molecule has 2 aromatic carbocycles. The normalized spacial score (nSPS) is 21.7. The maximum atomic E-state index is 9.82. The van der Waals surface area contributed by atoms with Crippen molar-refractivity contribution < 1.29 is 10.2 Å². The fraction of sp³-hybridized carbons (Fsp3) is 0.400. The van der Waals surface area contributed by atoms with Gasteiger partial charge in [-0.25, -0.2) is 0 Å². The molecule has 1 aliphatic rings. The predicted octanol–water partition coefficient (Wildman–Crippen LogP) is 5.16. The molecule has 0 radical (unpaired) electrons. The van der Waals surface area contributed by atoms with E-state index in [2.05, 4.69) is 25.1 Å². The molecule has 2 heteroatoms. The zero-order chi connectivity index (χ0) is 15.7. The summed E-state index contributed by atoms with van der Waals surface area (Å²) in [7, 11) is 0. The van der Waals surface area contributed by atoms with Gasteiger partial charge in [0.1, 0.15) is 11.5 Å². The van der Waals surface area contributed by atoms with Gasteiger partial charge in [-0.3, -0.25) is 0 Å². The zero-order valence-electron chi connectivity index (χ0n) is 13.3. The number of aromatic hydroxyl groups is 2. The lowest BCUT2D eigenvalue weighted by atomic mass is 9.75. The van der Waals surface area contributed by atoms with Crippen LogP contribution in [0.4, 0.5) is 0 Å². The lowest BCUT2D eigenvalue weighted by Gasteiger charge is -2.30. The van der Waals surface area contributed by atoms with Crippen LogP contribution in [-0.4, -0.2) is 10.2 Å². The van der Waals surface area contributed by atoms with Crippen molar-refractivity contribution in [1.82, 2.24) is 0 Å². The maximum Gasteiger partial charge on any atom is 0.118 e. The number of phenolic OH excluding ortho intramolecular Hbond substituents is 2. The van der Waals surface area contributed by atoms with Crippen LogP contribution in [0.25, 0.3) is 0 Å². The summed E-state index contributed by atoms with van der Waals surface area (Å²) in [5.74, 6) is 1.95. The van der Waals surface area contributed by atoms with E-state index in [4.69, 9.17) is 0 Å². The number of hydrogen-bond acceptors (Lipinski definition) is 2. The molecule has 116 valence electrons. The lowest BCUT2D eigenvalue weighted by Crippen LogP contribution is -2.13. The van der Waals surface area contributed by atoms with Crippen LogP contribution in [0, 0.1) is 13.8 Å². The van der Waals surface area contributed by atoms with E-state index in [-0.39, 0.29) is 0 Å². The third-order valence-electron chi connectivity index (χ3n) is 5.33. The molecule has 0 saturated heterocycles. The molecule has 1 saturated carbocycles. The minimum absolute atomic E-state index is 0.340. The standard InChI is InChI=1S/C20H24O2/c1-13-14(2)20(22)12-11-19(13)17-5-3-15(4-6-17)16-7-9-18(21)10-8-16/h7-12,15,17,21-22H,3-6H2,1-2H3. The minimum Gasteiger partial charge on any atom is -0.508 e. The molecule has 0 unspecified atom stereocenters. The Hall–Kier alpha value is -1.96. The summed E-state index contributed by atoms with van der Waals surface area (Å²) < 4.78 is 0. The number of rotatable bonds is 2. The highest BCUT2D eigenvalue weighted by Crippen LogP contribution is 2.42. The summed E-state index contributed by atoms with van der Waals surface area (Å²) in [6, 6.07) is 11.6. The van der Waals surface area contributed by atoms with Gasteiger partial charge in [-0.05, 0) is 91.8 Å². The summed E-state index contributed by atoms with van der Waals surface area (Å²) in [5.41, 5.74) is 5.00. The molecule has 0 amide bonds. The highest BCUT2D eigenvalue weighted by atomic mass is 16.3. The Morgan fingerprint density at radius 2 is 1.32 bits per heavy atom. The van der Waals surface area contributed by atoms with Gasteiger partial charge in [0.05, 0.1) is 0 Å². The van der Waals surface area contributed by atoms with Gasteiger partial charge in [0.2, 0.25) is 0 Å². The molecule has 0 heterocycles. The molecule has 2 aromatic rings. The van der Waals surface area contributed by atoms with Crippen molar-refractivity contribution in [3.05, 3.63) is 58.7 Å². The quantitative estimate of drug-likeness (QED) is 0.804. The van der Waals surface area contributed by atoms with Crippen molar-refractivity contribution in [2.75, 3.05) is 0 Å². The Morgan fingerprint density at radius 3 is 1.95 bits per heavy atom. The average Bonchev–Trinajstić information content (AvgIpc) is 2.54. The lowest BCUT2D eigenvalue weighted by molar-refractivity contribution is 0.394. The van der Waals surface area contributed by atoms with E-state index in [1.54, 1.807) is 12.1 Å². The van der Waals surface area contributed by atoms with Crippen molar-refractivity contribution in [3.8, 4) is 11.5 Å². The van der Waals surface area contributed by atoms with E-state index < -0.39 is 0 Å². The second-order valence-electron chi connectivity index (χ2n) is 6.56. The Kier molecular flexibility index (Phi) is 4.10. The highest BCUT2D eigenvalue weighted by molar-refractivity contribution is 5.44. The molecule has 0 aliphatic heterocycles. The smallest absolute Gasteiger partial charge is 0.118 e. The average molecular weight is 296 g/mol. The summed E-state index contributed by atoms with van der Waals surface area (Å²) in [5, 5.41) is 19.2. The molecule has 22 heavy (non-hydrogen) atoms. The van der Waals surface area contributed by atoms with Crippen LogP contribution in [0.2, 0.25) is 0 Å². The predicted molar refractivity (Wildman–Crippen MR) is 89.6 cm³/mol.